The van der Waals surface area contributed by atoms with Gasteiger partial charge in [-0.1, -0.05) is 0 Å². The highest BCUT2D eigenvalue weighted by Gasteiger charge is 2.36. The summed E-state index contributed by atoms with van der Waals surface area (Å²) in [4.78, 5) is 30.5. The molecule has 126 valence electrons. The Morgan fingerprint density at radius 2 is 1.83 bits per heavy atom. The van der Waals surface area contributed by atoms with Crippen LogP contribution in [0.4, 0.5) is 0 Å². The molecular weight excluding hydrogens is 292 g/mol. The van der Waals surface area contributed by atoms with Crippen LogP contribution in [0.25, 0.3) is 0 Å². The zero-order valence-electron chi connectivity index (χ0n) is 13.9. The number of aromatic nitrogens is 1. The van der Waals surface area contributed by atoms with Crippen LogP contribution >= 0.6 is 0 Å². The topological polar surface area (TPSA) is 48.8 Å². The molecule has 0 unspecified atom stereocenters. The van der Waals surface area contributed by atoms with E-state index in [1.165, 1.54) is 0 Å². The van der Waals surface area contributed by atoms with Gasteiger partial charge in [0.15, 0.2) is 0 Å². The Kier molecular flexibility index (Phi) is 5.00. The zero-order valence-corrected chi connectivity index (χ0v) is 13.9. The van der Waals surface area contributed by atoms with Crippen molar-refractivity contribution in [2.45, 2.75) is 19.9 Å². The summed E-state index contributed by atoms with van der Waals surface area (Å²) < 4.78 is 2.18. The van der Waals surface area contributed by atoms with Crippen molar-refractivity contribution in [1.82, 2.24) is 19.3 Å². The second-order valence-corrected chi connectivity index (χ2v) is 6.42. The highest BCUT2D eigenvalue weighted by atomic mass is 16.2. The van der Waals surface area contributed by atoms with Gasteiger partial charge in [0.25, 0.3) is 0 Å². The minimum atomic E-state index is -0.131. The Morgan fingerprint density at radius 1 is 1.13 bits per heavy atom. The third-order valence-electron chi connectivity index (χ3n) is 4.97. The molecule has 2 saturated heterocycles. The van der Waals surface area contributed by atoms with Crippen LogP contribution in [0, 0.1) is 5.92 Å². The standard InChI is InChI=1S/C17H26N4O2/c1-2-20-14-15(13-16(20)22)17(23)21-11-9-19(10-12-21)8-7-18-5-3-4-6-18/h3-6,15H,2,7-14H2,1H3/t15-/m1/s1. The average Bonchev–Trinajstić information content (AvgIpc) is 3.22. The van der Waals surface area contributed by atoms with E-state index in [4.69, 9.17) is 0 Å². The molecule has 1 aromatic heterocycles. The molecule has 0 aromatic carbocycles. The van der Waals surface area contributed by atoms with Gasteiger partial charge in [0.05, 0.1) is 5.92 Å². The lowest BCUT2D eigenvalue weighted by molar-refractivity contribution is -0.137. The molecule has 2 aliphatic rings. The van der Waals surface area contributed by atoms with Crippen LogP contribution in [0.5, 0.6) is 0 Å². The molecule has 0 N–H and O–H groups in total. The van der Waals surface area contributed by atoms with Crippen molar-refractivity contribution >= 4 is 11.8 Å². The van der Waals surface area contributed by atoms with Crippen molar-refractivity contribution in [1.29, 1.82) is 0 Å². The third-order valence-corrected chi connectivity index (χ3v) is 4.97. The van der Waals surface area contributed by atoms with Crippen LogP contribution in [-0.4, -0.2) is 76.9 Å². The van der Waals surface area contributed by atoms with Gasteiger partial charge in [-0.15, -0.1) is 0 Å². The predicted molar refractivity (Wildman–Crippen MR) is 87.8 cm³/mol. The Hall–Kier alpha value is -1.82. The molecule has 2 fully saturated rings. The first kappa shape index (κ1) is 16.1. The van der Waals surface area contributed by atoms with Gasteiger partial charge in [-0.25, -0.2) is 0 Å². The van der Waals surface area contributed by atoms with Crippen LogP contribution in [0.15, 0.2) is 24.5 Å². The Labute approximate surface area is 137 Å². The number of hydrogen-bond acceptors (Lipinski definition) is 3. The van der Waals surface area contributed by atoms with E-state index in [0.717, 1.165) is 39.3 Å². The van der Waals surface area contributed by atoms with E-state index in [-0.39, 0.29) is 17.7 Å². The van der Waals surface area contributed by atoms with E-state index in [2.05, 4.69) is 21.9 Å². The fourth-order valence-corrected chi connectivity index (χ4v) is 3.47. The molecule has 2 amide bonds. The average molecular weight is 318 g/mol. The fourth-order valence-electron chi connectivity index (χ4n) is 3.47. The second-order valence-electron chi connectivity index (χ2n) is 6.42. The van der Waals surface area contributed by atoms with Gasteiger partial charge < -0.3 is 14.4 Å². The van der Waals surface area contributed by atoms with Crippen molar-refractivity contribution in [3.05, 3.63) is 24.5 Å². The smallest absolute Gasteiger partial charge is 0.228 e. The van der Waals surface area contributed by atoms with Gasteiger partial charge in [-0.2, -0.15) is 0 Å². The molecule has 0 spiro atoms. The van der Waals surface area contributed by atoms with E-state index < -0.39 is 0 Å². The predicted octanol–water partition coefficient (Wildman–Crippen LogP) is 0.501. The van der Waals surface area contributed by atoms with E-state index in [1.54, 1.807) is 4.90 Å². The molecule has 3 heterocycles. The Morgan fingerprint density at radius 3 is 2.43 bits per heavy atom. The normalized spacial score (nSPS) is 22.8. The van der Waals surface area contributed by atoms with Crippen molar-refractivity contribution in [2.24, 2.45) is 5.92 Å². The first-order valence-electron chi connectivity index (χ1n) is 8.57. The van der Waals surface area contributed by atoms with E-state index in [0.29, 0.717) is 19.5 Å². The van der Waals surface area contributed by atoms with Crippen LogP contribution in [0.3, 0.4) is 0 Å². The maximum atomic E-state index is 12.6. The van der Waals surface area contributed by atoms with Gasteiger partial charge in [0, 0.05) is 71.2 Å². The van der Waals surface area contributed by atoms with Crippen molar-refractivity contribution in [3.8, 4) is 0 Å². The van der Waals surface area contributed by atoms with E-state index in [1.807, 2.05) is 24.0 Å². The van der Waals surface area contributed by atoms with Crippen molar-refractivity contribution < 1.29 is 9.59 Å². The molecule has 3 rings (SSSR count). The molecule has 23 heavy (non-hydrogen) atoms. The van der Waals surface area contributed by atoms with E-state index in [9.17, 15) is 9.59 Å². The molecular formula is C17H26N4O2. The lowest BCUT2D eigenvalue weighted by atomic mass is 10.1. The second kappa shape index (κ2) is 7.17. The number of hydrogen-bond donors (Lipinski definition) is 0. The summed E-state index contributed by atoms with van der Waals surface area (Å²) in [5.74, 6) is 0.157. The molecule has 6 heteroatoms. The Balaban J connectivity index is 1.43. The Bertz CT molecular complexity index is 535. The first-order valence-corrected chi connectivity index (χ1v) is 8.57. The molecule has 0 radical (unpaired) electrons. The maximum absolute atomic E-state index is 12.6. The van der Waals surface area contributed by atoms with Crippen LogP contribution in [-0.2, 0) is 16.1 Å². The summed E-state index contributed by atoms with van der Waals surface area (Å²) in [6.45, 7) is 8.68. The monoisotopic (exact) mass is 318 g/mol. The number of piperazine rings is 1. The maximum Gasteiger partial charge on any atom is 0.228 e. The minimum absolute atomic E-state index is 0.121. The molecule has 6 nitrogen and oxygen atoms in total. The molecule has 2 aliphatic heterocycles. The fraction of sp³-hybridized carbons (Fsp3) is 0.647. The van der Waals surface area contributed by atoms with Gasteiger partial charge in [0.1, 0.15) is 0 Å². The van der Waals surface area contributed by atoms with Crippen LogP contribution in [0.2, 0.25) is 0 Å². The summed E-state index contributed by atoms with van der Waals surface area (Å²) in [6, 6.07) is 4.08. The van der Waals surface area contributed by atoms with Gasteiger partial charge in [-0.05, 0) is 19.1 Å². The molecule has 1 atom stereocenters. The molecule has 0 bridgehead atoms. The van der Waals surface area contributed by atoms with E-state index >= 15 is 0 Å². The zero-order chi connectivity index (χ0) is 16.2. The molecule has 0 aliphatic carbocycles. The largest absolute Gasteiger partial charge is 0.353 e. The summed E-state index contributed by atoms with van der Waals surface area (Å²) in [5.41, 5.74) is 0. The number of carbonyl (C=O) groups excluding carboxylic acids is 2. The minimum Gasteiger partial charge on any atom is -0.353 e. The molecule has 1 aromatic rings. The highest BCUT2D eigenvalue weighted by molar-refractivity contribution is 5.89. The van der Waals surface area contributed by atoms with Gasteiger partial charge in [-0.3, -0.25) is 14.5 Å². The summed E-state index contributed by atoms with van der Waals surface area (Å²) in [7, 11) is 0. The van der Waals surface area contributed by atoms with Crippen LogP contribution in [0.1, 0.15) is 13.3 Å². The quantitative estimate of drug-likeness (QED) is 0.794. The van der Waals surface area contributed by atoms with Crippen LogP contribution < -0.4 is 0 Å². The van der Waals surface area contributed by atoms with Gasteiger partial charge >= 0.3 is 0 Å². The highest BCUT2D eigenvalue weighted by Crippen LogP contribution is 2.20. The first-order chi connectivity index (χ1) is 11.2. The number of amides is 2. The lowest BCUT2D eigenvalue weighted by Gasteiger charge is -2.35. The number of nitrogens with zero attached hydrogens (tertiary/aromatic N) is 4. The van der Waals surface area contributed by atoms with Crippen molar-refractivity contribution in [3.63, 3.8) is 0 Å². The molecule has 0 saturated carbocycles. The number of rotatable bonds is 5. The van der Waals surface area contributed by atoms with Gasteiger partial charge in [0.2, 0.25) is 11.8 Å². The van der Waals surface area contributed by atoms with Crippen molar-refractivity contribution in [2.75, 3.05) is 45.8 Å². The summed E-state index contributed by atoms with van der Waals surface area (Å²) >= 11 is 0. The SMILES string of the molecule is CCN1C[C@H](C(=O)N2CCN(CCn3cccc3)CC2)CC1=O. The lowest BCUT2D eigenvalue weighted by Crippen LogP contribution is -2.51. The third kappa shape index (κ3) is 3.75. The summed E-state index contributed by atoms with van der Waals surface area (Å²) in [5, 5.41) is 0. The number of carbonyl (C=O) groups is 2. The summed E-state index contributed by atoms with van der Waals surface area (Å²) in [6.07, 6.45) is 4.55. The number of likely N-dealkylation sites (tertiary alicyclic amines) is 1.